The molecule has 1 aromatic heterocycles. The van der Waals surface area contributed by atoms with Crippen molar-refractivity contribution in [2.45, 2.75) is 36.4 Å². The van der Waals surface area contributed by atoms with E-state index in [0.29, 0.717) is 34.8 Å². The molecular weight excluding hydrogens is 534 g/mol. The maximum absolute atomic E-state index is 12.6. The van der Waals surface area contributed by atoms with Crippen LogP contribution in [-0.2, 0) is 21.3 Å². The number of nitrogens with zero attached hydrogens (tertiary/aromatic N) is 2. The third-order valence-corrected chi connectivity index (χ3v) is 9.83. The van der Waals surface area contributed by atoms with Gasteiger partial charge in [0.15, 0.2) is 0 Å². The number of rotatable bonds is 6. The Hall–Kier alpha value is -3.00. The number of carboxylic acids is 1. The van der Waals surface area contributed by atoms with Gasteiger partial charge in [0.1, 0.15) is 17.7 Å². The lowest BCUT2D eigenvalue weighted by molar-refractivity contribution is -0.141. The number of amides is 1. The van der Waals surface area contributed by atoms with Crippen LogP contribution in [0.25, 0.3) is 0 Å². The van der Waals surface area contributed by atoms with Crippen molar-refractivity contribution >= 4 is 53.0 Å². The number of aryl methyl sites for hydroxylation is 1. The second-order valence-electron chi connectivity index (χ2n) is 8.91. The SMILES string of the molecule is COC1=C(C#Cc2cnn(C)c2NC(=O)OC(C)c2ccccc2Cl)SC2C=C(C3(C(=O)O)CC3)SC12. The van der Waals surface area contributed by atoms with Crippen molar-refractivity contribution in [2.75, 3.05) is 12.4 Å². The first-order valence-corrected chi connectivity index (χ1v) is 13.7. The fraction of sp³-hybridized carbons (Fsp3) is 0.346. The molecule has 1 aliphatic carbocycles. The second kappa shape index (κ2) is 10.0. The summed E-state index contributed by atoms with van der Waals surface area (Å²) >= 11 is 9.35. The zero-order valence-corrected chi connectivity index (χ0v) is 22.7. The molecule has 2 aromatic rings. The minimum absolute atomic E-state index is 0.00102. The van der Waals surface area contributed by atoms with E-state index in [0.717, 1.165) is 15.6 Å². The number of carboxylic acid groups (broad SMARTS) is 1. The van der Waals surface area contributed by atoms with Crippen LogP contribution in [0.3, 0.4) is 0 Å². The number of ether oxygens (including phenoxy) is 2. The molecule has 0 radical (unpaired) electrons. The Bertz CT molecular complexity index is 1400. The monoisotopic (exact) mass is 557 g/mol. The van der Waals surface area contributed by atoms with E-state index in [9.17, 15) is 14.7 Å². The fourth-order valence-electron chi connectivity index (χ4n) is 4.32. The Morgan fingerprint density at radius 2 is 2.05 bits per heavy atom. The Balaban J connectivity index is 1.29. The van der Waals surface area contributed by atoms with Gasteiger partial charge in [0.25, 0.3) is 0 Å². The Kier molecular flexibility index (Phi) is 6.96. The minimum Gasteiger partial charge on any atom is -0.498 e. The highest BCUT2D eigenvalue weighted by Gasteiger charge is 2.57. The molecule has 3 atom stereocenters. The van der Waals surface area contributed by atoms with Gasteiger partial charge in [-0.05, 0) is 25.8 Å². The van der Waals surface area contributed by atoms with Gasteiger partial charge in [-0.1, -0.05) is 47.7 Å². The van der Waals surface area contributed by atoms with Crippen molar-refractivity contribution in [1.29, 1.82) is 0 Å². The van der Waals surface area contributed by atoms with E-state index in [2.05, 4.69) is 28.3 Å². The molecule has 2 N–H and O–H groups in total. The topological polar surface area (TPSA) is 103 Å². The lowest BCUT2D eigenvalue weighted by Gasteiger charge is -2.15. The van der Waals surface area contributed by atoms with Crippen molar-refractivity contribution in [3.63, 3.8) is 0 Å². The number of carbonyl (C=O) groups excluding carboxylic acids is 1. The molecule has 3 heterocycles. The van der Waals surface area contributed by atoms with Crippen LogP contribution in [-0.4, -0.2) is 44.6 Å². The number of aromatic nitrogens is 2. The predicted octanol–water partition coefficient (Wildman–Crippen LogP) is 5.57. The van der Waals surface area contributed by atoms with Gasteiger partial charge in [-0.25, -0.2) is 4.79 Å². The highest BCUT2D eigenvalue weighted by Crippen LogP contribution is 2.63. The van der Waals surface area contributed by atoms with E-state index in [1.807, 2.05) is 12.1 Å². The number of hydrogen-bond donors (Lipinski definition) is 2. The summed E-state index contributed by atoms with van der Waals surface area (Å²) in [5.41, 5.74) is 0.518. The first-order chi connectivity index (χ1) is 17.7. The molecule has 2 aliphatic heterocycles. The minimum atomic E-state index is -0.754. The van der Waals surface area contributed by atoms with Gasteiger partial charge in [0.2, 0.25) is 0 Å². The Morgan fingerprint density at radius 1 is 1.30 bits per heavy atom. The van der Waals surface area contributed by atoms with Crippen molar-refractivity contribution in [3.05, 3.63) is 68.3 Å². The quantitative estimate of drug-likeness (QED) is 0.444. The van der Waals surface area contributed by atoms with Crippen molar-refractivity contribution in [2.24, 2.45) is 12.5 Å². The molecule has 0 spiro atoms. The first kappa shape index (κ1) is 25.6. The maximum atomic E-state index is 12.6. The van der Waals surface area contributed by atoms with Crippen LogP contribution in [0.15, 0.2) is 52.1 Å². The molecule has 0 saturated heterocycles. The van der Waals surface area contributed by atoms with Gasteiger partial charge < -0.3 is 14.6 Å². The number of methoxy groups -OCH3 is 1. The number of halogens is 1. The number of thioether (sulfide) groups is 2. The Labute approximate surface area is 227 Å². The average molecular weight is 558 g/mol. The maximum Gasteiger partial charge on any atom is 0.413 e. The number of anilines is 1. The molecule has 192 valence electrons. The summed E-state index contributed by atoms with van der Waals surface area (Å²) in [7, 11) is 3.31. The smallest absolute Gasteiger partial charge is 0.413 e. The molecule has 1 fully saturated rings. The van der Waals surface area contributed by atoms with Gasteiger partial charge in [-0.2, -0.15) is 5.10 Å². The highest BCUT2D eigenvalue weighted by molar-refractivity contribution is 8.09. The second-order valence-corrected chi connectivity index (χ2v) is 11.7. The molecular formula is C26H24ClN3O5S2. The van der Waals surface area contributed by atoms with Gasteiger partial charge in [0.05, 0.1) is 34.4 Å². The largest absolute Gasteiger partial charge is 0.498 e. The summed E-state index contributed by atoms with van der Waals surface area (Å²) in [6, 6.07) is 7.19. The first-order valence-electron chi connectivity index (χ1n) is 11.6. The molecule has 37 heavy (non-hydrogen) atoms. The van der Waals surface area contributed by atoms with E-state index < -0.39 is 23.6 Å². The molecule has 8 nitrogen and oxygen atoms in total. The van der Waals surface area contributed by atoms with E-state index in [-0.39, 0.29) is 10.5 Å². The fourth-order valence-corrected chi connectivity index (χ4v) is 7.81. The molecule has 3 aliphatic rings. The van der Waals surface area contributed by atoms with Crippen LogP contribution in [0.4, 0.5) is 10.6 Å². The van der Waals surface area contributed by atoms with Crippen LogP contribution in [0, 0.1) is 17.3 Å². The molecule has 1 saturated carbocycles. The standard InChI is InChI=1S/C26H24ClN3O5S2/c1-14(16-6-4-5-7-17(16)27)35-25(33)29-23-15(13-28-30(23)2)8-9-18-21(34-3)22-19(36-18)12-20(37-22)26(10-11-26)24(31)32/h4-7,12-14,19,22H,10-11H2,1-3H3,(H,29,33)(H,31,32). The molecule has 1 amide bonds. The summed E-state index contributed by atoms with van der Waals surface area (Å²) in [5, 5.41) is 17.2. The van der Waals surface area contributed by atoms with Crippen LogP contribution < -0.4 is 5.32 Å². The third kappa shape index (κ3) is 4.83. The van der Waals surface area contributed by atoms with E-state index in [1.165, 1.54) is 4.68 Å². The number of carbonyl (C=O) groups is 2. The predicted molar refractivity (Wildman–Crippen MR) is 144 cm³/mol. The summed E-state index contributed by atoms with van der Waals surface area (Å²) < 4.78 is 12.7. The van der Waals surface area contributed by atoms with E-state index in [1.54, 1.807) is 62.9 Å². The average Bonchev–Trinajstić information content (AvgIpc) is 3.33. The van der Waals surface area contributed by atoms with Crippen LogP contribution in [0.5, 0.6) is 0 Å². The van der Waals surface area contributed by atoms with Gasteiger partial charge in [-0.3, -0.25) is 14.8 Å². The van der Waals surface area contributed by atoms with E-state index >= 15 is 0 Å². The Morgan fingerprint density at radius 3 is 2.73 bits per heavy atom. The number of aliphatic carboxylic acids is 1. The van der Waals surface area contributed by atoms with Crippen LogP contribution in [0.1, 0.15) is 37.0 Å². The summed E-state index contributed by atoms with van der Waals surface area (Å²) in [4.78, 5) is 26.1. The molecule has 5 rings (SSSR count). The number of allylic oxidation sites excluding steroid dienone is 1. The summed E-state index contributed by atoms with van der Waals surface area (Å²) in [6.45, 7) is 1.75. The van der Waals surface area contributed by atoms with Crippen molar-refractivity contribution in [3.8, 4) is 11.8 Å². The molecule has 1 aromatic carbocycles. The molecule has 3 unspecified atom stereocenters. The van der Waals surface area contributed by atoms with Gasteiger partial charge in [-0.15, -0.1) is 23.5 Å². The summed E-state index contributed by atoms with van der Waals surface area (Å²) in [6.07, 6.45) is 3.79. The third-order valence-electron chi connectivity index (χ3n) is 6.55. The van der Waals surface area contributed by atoms with Gasteiger partial charge >= 0.3 is 12.1 Å². The molecule has 0 bridgehead atoms. The van der Waals surface area contributed by atoms with Gasteiger partial charge in [0, 0.05) is 27.8 Å². The number of benzene rings is 1. The summed E-state index contributed by atoms with van der Waals surface area (Å²) in [5.74, 6) is 6.65. The number of hydrogen-bond acceptors (Lipinski definition) is 7. The van der Waals surface area contributed by atoms with E-state index in [4.69, 9.17) is 21.1 Å². The lowest BCUT2D eigenvalue weighted by atomic mass is 10.1. The van der Waals surface area contributed by atoms with Crippen molar-refractivity contribution in [1.82, 2.24) is 9.78 Å². The van der Waals surface area contributed by atoms with Crippen molar-refractivity contribution < 1.29 is 24.2 Å². The normalized spacial score (nSPS) is 21.9. The zero-order valence-electron chi connectivity index (χ0n) is 20.3. The zero-order chi connectivity index (χ0) is 26.3. The van der Waals surface area contributed by atoms with Crippen LogP contribution >= 0.6 is 35.1 Å². The van der Waals surface area contributed by atoms with Crippen LogP contribution in [0.2, 0.25) is 5.02 Å². The number of nitrogens with one attached hydrogen (secondary N) is 1. The highest BCUT2D eigenvalue weighted by atomic mass is 35.5. The number of fused-ring (bicyclic) bond motifs is 1. The lowest BCUT2D eigenvalue weighted by Crippen LogP contribution is -2.18. The molecule has 11 heteroatoms.